The minimum atomic E-state index is -0.656. The van der Waals surface area contributed by atoms with Gasteiger partial charge < -0.3 is 15.7 Å². The zero-order valence-corrected chi connectivity index (χ0v) is 11.8. The summed E-state index contributed by atoms with van der Waals surface area (Å²) >= 11 is 0. The third-order valence-corrected chi connectivity index (χ3v) is 3.73. The number of amides is 1. The highest BCUT2D eigenvalue weighted by molar-refractivity contribution is 5.96. The first-order chi connectivity index (χ1) is 8.95. The summed E-state index contributed by atoms with van der Waals surface area (Å²) in [6.45, 7) is 5.71. The molecule has 1 aromatic carbocycles. The molecule has 3 unspecified atom stereocenters. The van der Waals surface area contributed by atoms with Crippen molar-refractivity contribution in [2.75, 3.05) is 4.90 Å². The van der Waals surface area contributed by atoms with Crippen molar-refractivity contribution in [3.63, 3.8) is 0 Å². The van der Waals surface area contributed by atoms with Gasteiger partial charge in [0.25, 0.3) is 0 Å². The first-order valence-corrected chi connectivity index (χ1v) is 6.84. The standard InChI is InChI=1S/C15H22N2O2/c1-4-14(18)17-9(2)7-12-8-11(5-6-13(12)17)15(19)10(3)16/h5-6,8-10,15,19H,4,7,16H2,1-3H3. The molecule has 0 saturated carbocycles. The highest BCUT2D eigenvalue weighted by Crippen LogP contribution is 2.34. The summed E-state index contributed by atoms with van der Waals surface area (Å²) in [4.78, 5) is 13.8. The molecule has 0 fully saturated rings. The van der Waals surface area contributed by atoms with E-state index in [1.807, 2.05) is 30.0 Å². The Morgan fingerprint density at radius 2 is 2.26 bits per heavy atom. The number of carbonyl (C=O) groups is 1. The van der Waals surface area contributed by atoms with Gasteiger partial charge in [0.1, 0.15) is 0 Å². The number of hydrogen-bond donors (Lipinski definition) is 2. The molecular weight excluding hydrogens is 240 g/mol. The first-order valence-electron chi connectivity index (χ1n) is 6.84. The van der Waals surface area contributed by atoms with Gasteiger partial charge >= 0.3 is 0 Å². The van der Waals surface area contributed by atoms with Gasteiger partial charge in [-0.3, -0.25) is 4.79 Å². The summed E-state index contributed by atoms with van der Waals surface area (Å²) in [5.41, 5.74) is 8.64. The zero-order valence-electron chi connectivity index (χ0n) is 11.8. The third-order valence-electron chi connectivity index (χ3n) is 3.73. The summed E-state index contributed by atoms with van der Waals surface area (Å²) in [5, 5.41) is 10.0. The van der Waals surface area contributed by atoms with Crippen LogP contribution in [0.3, 0.4) is 0 Å². The molecule has 1 aliphatic heterocycles. The molecule has 19 heavy (non-hydrogen) atoms. The maximum atomic E-state index is 12.0. The van der Waals surface area contributed by atoms with Gasteiger partial charge in [0.15, 0.2) is 0 Å². The second-order valence-electron chi connectivity index (χ2n) is 5.36. The molecule has 0 spiro atoms. The zero-order chi connectivity index (χ0) is 14.2. The van der Waals surface area contributed by atoms with Crippen molar-refractivity contribution in [2.24, 2.45) is 5.73 Å². The lowest BCUT2D eigenvalue weighted by atomic mass is 10.00. The number of nitrogens with two attached hydrogens (primary N) is 1. The molecule has 3 atom stereocenters. The van der Waals surface area contributed by atoms with Crippen LogP contribution in [0.15, 0.2) is 18.2 Å². The van der Waals surface area contributed by atoms with Gasteiger partial charge in [-0.15, -0.1) is 0 Å². The van der Waals surface area contributed by atoms with Crippen LogP contribution in [0.1, 0.15) is 44.4 Å². The lowest BCUT2D eigenvalue weighted by molar-refractivity contribution is -0.118. The number of rotatable bonds is 3. The number of benzene rings is 1. The van der Waals surface area contributed by atoms with E-state index in [0.29, 0.717) is 6.42 Å². The maximum absolute atomic E-state index is 12.0. The smallest absolute Gasteiger partial charge is 0.226 e. The van der Waals surface area contributed by atoms with E-state index in [4.69, 9.17) is 5.73 Å². The minimum absolute atomic E-state index is 0.145. The number of fused-ring (bicyclic) bond motifs is 1. The van der Waals surface area contributed by atoms with Gasteiger partial charge in [-0.2, -0.15) is 0 Å². The molecule has 3 N–H and O–H groups in total. The maximum Gasteiger partial charge on any atom is 0.226 e. The largest absolute Gasteiger partial charge is 0.387 e. The Labute approximate surface area is 114 Å². The predicted molar refractivity (Wildman–Crippen MR) is 76.0 cm³/mol. The van der Waals surface area contributed by atoms with Crippen LogP contribution in [0.4, 0.5) is 5.69 Å². The Kier molecular flexibility index (Phi) is 3.92. The highest BCUT2D eigenvalue weighted by Gasteiger charge is 2.30. The van der Waals surface area contributed by atoms with Crippen molar-refractivity contribution in [3.05, 3.63) is 29.3 Å². The Bertz CT molecular complexity index is 485. The number of anilines is 1. The Balaban J connectivity index is 2.34. The normalized spacial score (nSPS) is 21.1. The fourth-order valence-electron chi connectivity index (χ4n) is 2.69. The second-order valence-corrected chi connectivity index (χ2v) is 5.36. The molecule has 4 heteroatoms. The van der Waals surface area contributed by atoms with Crippen LogP contribution in [0, 0.1) is 0 Å². The van der Waals surface area contributed by atoms with Gasteiger partial charge in [0, 0.05) is 24.2 Å². The van der Waals surface area contributed by atoms with Crippen LogP contribution >= 0.6 is 0 Å². The molecule has 104 valence electrons. The number of hydrogen-bond acceptors (Lipinski definition) is 3. The van der Waals surface area contributed by atoms with E-state index in [1.165, 1.54) is 0 Å². The van der Waals surface area contributed by atoms with Gasteiger partial charge in [0.2, 0.25) is 5.91 Å². The van der Waals surface area contributed by atoms with Crippen LogP contribution in [0.5, 0.6) is 0 Å². The van der Waals surface area contributed by atoms with Gasteiger partial charge in [-0.05, 0) is 37.5 Å². The molecule has 4 nitrogen and oxygen atoms in total. The highest BCUT2D eigenvalue weighted by atomic mass is 16.3. The SMILES string of the molecule is CCC(=O)N1c2ccc(C(O)C(C)N)cc2CC1C. The molecule has 1 aromatic rings. The van der Waals surface area contributed by atoms with E-state index < -0.39 is 6.10 Å². The molecule has 0 aromatic heterocycles. The van der Waals surface area contributed by atoms with E-state index in [1.54, 1.807) is 6.92 Å². The molecule has 2 rings (SSSR count). The summed E-state index contributed by atoms with van der Waals surface area (Å²) in [6, 6.07) is 5.65. The molecule has 0 bridgehead atoms. The fraction of sp³-hybridized carbons (Fsp3) is 0.533. The minimum Gasteiger partial charge on any atom is -0.387 e. The molecule has 0 aliphatic carbocycles. The quantitative estimate of drug-likeness (QED) is 0.872. The molecule has 1 amide bonds. The second kappa shape index (κ2) is 5.31. The van der Waals surface area contributed by atoms with Crippen LogP contribution in [-0.2, 0) is 11.2 Å². The Hall–Kier alpha value is -1.39. The molecule has 1 aliphatic rings. The number of nitrogens with zero attached hydrogens (tertiary/aromatic N) is 1. The average Bonchev–Trinajstić information content (AvgIpc) is 2.71. The topological polar surface area (TPSA) is 66.6 Å². The Morgan fingerprint density at radius 3 is 2.84 bits per heavy atom. The third kappa shape index (κ3) is 2.51. The monoisotopic (exact) mass is 262 g/mol. The number of aliphatic hydroxyl groups is 1. The van der Waals surface area contributed by atoms with Gasteiger partial charge in [-0.1, -0.05) is 19.1 Å². The summed E-state index contributed by atoms with van der Waals surface area (Å²) in [6.07, 6.45) is 0.686. The molecule has 1 heterocycles. The molecule has 0 radical (unpaired) electrons. The molecular formula is C15H22N2O2. The summed E-state index contributed by atoms with van der Waals surface area (Å²) < 4.78 is 0. The lowest BCUT2D eigenvalue weighted by Gasteiger charge is -2.22. The summed E-state index contributed by atoms with van der Waals surface area (Å²) in [5.74, 6) is 0.145. The Morgan fingerprint density at radius 1 is 1.58 bits per heavy atom. The van der Waals surface area contributed by atoms with E-state index >= 15 is 0 Å². The van der Waals surface area contributed by atoms with Crippen molar-refractivity contribution >= 4 is 11.6 Å². The summed E-state index contributed by atoms with van der Waals surface area (Å²) in [7, 11) is 0. The van der Waals surface area contributed by atoms with E-state index in [-0.39, 0.29) is 18.0 Å². The fourth-order valence-corrected chi connectivity index (χ4v) is 2.69. The van der Waals surface area contributed by atoms with E-state index in [2.05, 4.69) is 6.92 Å². The number of aliphatic hydroxyl groups excluding tert-OH is 1. The average molecular weight is 262 g/mol. The number of carbonyl (C=O) groups excluding carboxylic acids is 1. The first kappa shape index (κ1) is 14.0. The van der Waals surface area contributed by atoms with Crippen LogP contribution in [0.2, 0.25) is 0 Å². The predicted octanol–water partition coefficient (Wildman–Crippen LogP) is 1.75. The van der Waals surface area contributed by atoms with E-state index in [0.717, 1.165) is 23.2 Å². The lowest BCUT2D eigenvalue weighted by Crippen LogP contribution is -2.35. The van der Waals surface area contributed by atoms with E-state index in [9.17, 15) is 9.90 Å². The van der Waals surface area contributed by atoms with Crippen molar-refractivity contribution in [2.45, 2.75) is 51.8 Å². The van der Waals surface area contributed by atoms with Crippen molar-refractivity contribution in [1.82, 2.24) is 0 Å². The van der Waals surface area contributed by atoms with Crippen LogP contribution in [0.25, 0.3) is 0 Å². The van der Waals surface area contributed by atoms with Gasteiger partial charge in [-0.25, -0.2) is 0 Å². The molecule has 0 saturated heterocycles. The van der Waals surface area contributed by atoms with Crippen LogP contribution < -0.4 is 10.6 Å². The van der Waals surface area contributed by atoms with Crippen LogP contribution in [-0.4, -0.2) is 23.1 Å². The van der Waals surface area contributed by atoms with Crippen molar-refractivity contribution in [1.29, 1.82) is 0 Å². The van der Waals surface area contributed by atoms with Crippen molar-refractivity contribution in [3.8, 4) is 0 Å². The van der Waals surface area contributed by atoms with Crippen molar-refractivity contribution < 1.29 is 9.90 Å². The van der Waals surface area contributed by atoms with Gasteiger partial charge in [0.05, 0.1) is 6.10 Å².